The topological polar surface area (TPSA) is 45.9 Å². The fraction of sp³-hybridized carbons (Fsp3) is 0.0588. The second-order valence-electron chi connectivity index (χ2n) is 4.63. The molecule has 1 aromatic heterocycles. The molecule has 3 aromatic rings. The molecule has 0 saturated heterocycles. The van der Waals surface area contributed by atoms with Gasteiger partial charge < -0.3 is 4.74 Å². The second-order valence-corrected chi connectivity index (χ2v) is 4.63. The van der Waals surface area contributed by atoms with Gasteiger partial charge in [0.1, 0.15) is 11.6 Å². The summed E-state index contributed by atoms with van der Waals surface area (Å²) in [6.45, 7) is 1.65. The summed E-state index contributed by atoms with van der Waals surface area (Å²) < 4.78 is 19.5. The summed E-state index contributed by atoms with van der Waals surface area (Å²) in [5, 5.41) is 10.1. The number of benzene rings is 2. The van der Waals surface area contributed by atoms with Gasteiger partial charge in [-0.3, -0.25) is 0 Å². The highest BCUT2D eigenvalue weighted by atomic mass is 19.1. The monoisotopic (exact) mass is 278 g/mol. The third-order valence-electron chi connectivity index (χ3n) is 3.17. The molecule has 0 aliphatic rings. The molecule has 0 aliphatic carbocycles. The van der Waals surface area contributed by atoms with Gasteiger partial charge in [-0.05, 0) is 30.7 Å². The zero-order valence-corrected chi connectivity index (χ0v) is 11.3. The van der Waals surface area contributed by atoms with Crippen molar-refractivity contribution in [3.63, 3.8) is 0 Å². The maximum absolute atomic E-state index is 14.0. The van der Waals surface area contributed by atoms with Crippen LogP contribution < -0.4 is 4.74 Å². The summed E-state index contributed by atoms with van der Waals surface area (Å²) in [6.07, 6.45) is 0. The van der Waals surface area contributed by atoms with Gasteiger partial charge in [0.25, 0.3) is 0 Å². The maximum Gasteiger partial charge on any atom is 0.238 e. The van der Waals surface area contributed by atoms with Crippen molar-refractivity contribution in [2.45, 2.75) is 6.92 Å². The van der Waals surface area contributed by atoms with Crippen LogP contribution in [0.3, 0.4) is 0 Å². The van der Waals surface area contributed by atoms with E-state index >= 15 is 0 Å². The predicted octanol–water partition coefficient (Wildman–Crippen LogP) is 4.35. The van der Waals surface area contributed by atoms with Crippen molar-refractivity contribution in [3.8, 4) is 17.7 Å². The van der Waals surface area contributed by atoms with Crippen molar-refractivity contribution in [1.29, 1.82) is 5.26 Å². The SMILES string of the molecule is Cc1cccc(Oc2nc3ccccc3cc2C#N)c1F. The number of pyridine rings is 1. The van der Waals surface area contributed by atoms with Crippen LogP contribution in [0.5, 0.6) is 11.6 Å². The van der Waals surface area contributed by atoms with Crippen LogP contribution in [0, 0.1) is 24.1 Å². The molecular weight excluding hydrogens is 267 g/mol. The summed E-state index contributed by atoms with van der Waals surface area (Å²) in [4.78, 5) is 4.30. The lowest BCUT2D eigenvalue weighted by atomic mass is 10.1. The first kappa shape index (κ1) is 13.1. The summed E-state index contributed by atoms with van der Waals surface area (Å²) in [7, 11) is 0. The largest absolute Gasteiger partial charge is 0.435 e. The smallest absolute Gasteiger partial charge is 0.238 e. The number of aromatic nitrogens is 1. The molecule has 3 rings (SSSR count). The Morgan fingerprint density at radius 3 is 2.76 bits per heavy atom. The van der Waals surface area contributed by atoms with Crippen LogP contribution in [0.1, 0.15) is 11.1 Å². The van der Waals surface area contributed by atoms with E-state index < -0.39 is 5.82 Å². The second kappa shape index (κ2) is 5.22. The van der Waals surface area contributed by atoms with Crippen molar-refractivity contribution in [3.05, 3.63) is 65.5 Å². The first-order chi connectivity index (χ1) is 10.2. The molecule has 21 heavy (non-hydrogen) atoms. The van der Waals surface area contributed by atoms with E-state index in [4.69, 9.17) is 4.74 Å². The average molecular weight is 278 g/mol. The molecule has 0 bridgehead atoms. The van der Waals surface area contributed by atoms with Gasteiger partial charge in [-0.2, -0.15) is 5.26 Å². The van der Waals surface area contributed by atoms with Crippen LogP contribution in [0.4, 0.5) is 4.39 Å². The third kappa shape index (κ3) is 2.41. The van der Waals surface area contributed by atoms with Crippen molar-refractivity contribution >= 4 is 10.9 Å². The maximum atomic E-state index is 14.0. The number of hydrogen-bond acceptors (Lipinski definition) is 3. The van der Waals surface area contributed by atoms with E-state index in [9.17, 15) is 9.65 Å². The average Bonchev–Trinajstić information content (AvgIpc) is 2.51. The fourth-order valence-electron chi connectivity index (χ4n) is 2.06. The van der Waals surface area contributed by atoms with E-state index in [1.807, 2.05) is 30.3 Å². The van der Waals surface area contributed by atoms with Crippen LogP contribution in [0.15, 0.2) is 48.5 Å². The van der Waals surface area contributed by atoms with Gasteiger partial charge in [0, 0.05) is 5.39 Å². The molecule has 0 amide bonds. The van der Waals surface area contributed by atoms with E-state index in [0.717, 1.165) is 5.39 Å². The first-order valence-corrected chi connectivity index (χ1v) is 6.42. The Morgan fingerprint density at radius 2 is 1.95 bits per heavy atom. The van der Waals surface area contributed by atoms with Gasteiger partial charge in [-0.1, -0.05) is 30.3 Å². The molecule has 2 aromatic carbocycles. The van der Waals surface area contributed by atoms with Crippen molar-refractivity contribution in [2.24, 2.45) is 0 Å². The Hall–Kier alpha value is -2.93. The first-order valence-electron chi connectivity index (χ1n) is 6.42. The van der Waals surface area contributed by atoms with Crippen molar-refractivity contribution in [1.82, 2.24) is 4.98 Å². The molecule has 0 aliphatic heterocycles. The quantitative estimate of drug-likeness (QED) is 0.700. The number of fused-ring (bicyclic) bond motifs is 1. The fourth-order valence-corrected chi connectivity index (χ4v) is 2.06. The molecular formula is C17H11FN2O. The Labute approximate surface area is 121 Å². The lowest BCUT2D eigenvalue weighted by molar-refractivity contribution is 0.426. The lowest BCUT2D eigenvalue weighted by Gasteiger charge is -2.09. The third-order valence-corrected chi connectivity index (χ3v) is 3.17. The zero-order valence-electron chi connectivity index (χ0n) is 11.3. The molecule has 1 heterocycles. The van der Waals surface area contributed by atoms with Gasteiger partial charge in [0.05, 0.1) is 5.52 Å². The number of hydrogen-bond donors (Lipinski definition) is 0. The van der Waals surface area contributed by atoms with E-state index in [2.05, 4.69) is 4.98 Å². The Balaban J connectivity index is 2.11. The van der Waals surface area contributed by atoms with Gasteiger partial charge in [-0.15, -0.1) is 0 Å². The minimum Gasteiger partial charge on any atom is -0.435 e. The van der Waals surface area contributed by atoms with Crippen LogP contribution in [0.2, 0.25) is 0 Å². The molecule has 0 spiro atoms. The Morgan fingerprint density at radius 1 is 1.14 bits per heavy atom. The lowest BCUT2D eigenvalue weighted by Crippen LogP contribution is -1.96. The van der Waals surface area contributed by atoms with Gasteiger partial charge >= 0.3 is 0 Å². The highest BCUT2D eigenvalue weighted by Crippen LogP contribution is 2.29. The van der Waals surface area contributed by atoms with Crippen LogP contribution in [-0.2, 0) is 0 Å². The Bertz CT molecular complexity index is 868. The summed E-state index contributed by atoms with van der Waals surface area (Å²) in [5.41, 5.74) is 1.45. The number of para-hydroxylation sites is 1. The van der Waals surface area contributed by atoms with E-state index in [0.29, 0.717) is 11.1 Å². The standard InChI is InChI=1S/C17H11FN2O/c1-11-5-4-8-15(16(11)18)21-17-13(10-19)9-12-6-2-3-7-14(12)20-17/h2-9H,1H3. The number of nitrogens with zero attached hydrogens (tertiary/aromatic N) is 2. The minimum absolute atomic E-state index is 0.0641. The predicted molar refractivity (Wildman–Crippen MR) is 77.7 cm³/mol. The molecule has 0 atom stereocenters. The van der Waals surface area contributed by atoms with Crippen LogP contribution >= 0.6 is 0 Å². The molecule has 4 heteroatoms. The molecule has 0 fully saturated rings. The minimum atomic E-state index is -0.448. The molecule has 0 unspecified atom stereocenters. The summed E-state index contributed by atoms with van der Waals surface area (Å²) in [6, 6.07) is 16.0. The van der Waals surface area contributed by atoms with Crippen molar-refractivity contribution in [2.75, 3.05) is 0 Å². The zero-order chi connectivity index (χ0) is 14.8. The highest BCUT2D eigenvalue weighted by Gasteiger charge is 2.12. The molecule has 0 radical (unpaired) electrons. The number of nitriles is 1. The van der Waals surface area contributed by atoms with Crippen LogP contribution in [0.25, 0.3) is 10.9 Å². The molecule has 3 nitrogen and oxygen atoms in total. The van der Waals surface area contributed by atoms with Gasteiger partial charge in [0.2, 0.25) is 5.88 Å². The van der Waals surface area contributed by atoms with Crippen molar-refractivity contribution < 1.29 is 9.13 Å². The highest BCUT2D eigenvalue weighted by molar-refractivity contribution is 5.81. The normalized spacial score (nSPS) is 10.3. The Kier molecular flexibility index (Phi) is 3.25. The molecule has 0 N–H and O–H groups in total. The number of aryl methyl sites for hydroxylation is 1. The van der Waals surface area contributed by atoms with E-state index in [1.165, 1.54) is 6.07 Å². The number of ether oxygens (including phenoxy) is 1. The number of halogens is 1. The van der Waals surface area contributed by atoms with E-state index in [-0.39, 0.29) is 17.2 Å². The number of rotatable bonds is 2. The van der Waals surface area contributed by atoms with E-state index in [1.54, 1.807) is 25.1 Å². The summed E-state index contributed by atoms with van der Waals surface area (Å²) >= 11 is 0. The molecule has 0 saturated carbocycles. The van der Waals surface area contributed by atoms with Gasteiger partial charge in [0.15, 0.2) is 11.6 Å². The molecule has 102 valence electrons. The van der Waals surface area contributed by atoms with Gasteiger partial charge in [-0.25, -0.2) is 9.37 Å². The summed E-state index contributed by atoms with van der Waals surface area (Å²) in [5.74, 6) is -0.272. The van der Waals surface area contributed by atoms with Crippen LogP contribution in [-0.4, -0.2) is 4.98 Å².